The predicted molar refractivity (Wildman–Crippen MR) is 79.1 cm³/mol. The average Bonchev–Trinajstić information content (AvgIpc) is 2.70. The molecule has 0 atom stereocenters. The number of oxazole rings is 1. The highest BCUT2D eigenvalue weighted by atomic mass is 79.9. The third-order valence-corrected chi connectivity index (χ3v) is 4.13. The molecule has 0 bridgehead atoms. The molecule has 0 aliphatic carbocycles. The number of rotatable bonds is 4. The molecule has 0 N–H and O–H groups in total. The van der Waals surface area contributed by atoms with Gasteiger partial charge in [0.05, 0.1) is 5.69 Å². The zero-order valence-electron chi connectivity index (χ0n) is 11.0. The molecule has 2 aromatic rings. The molecule has 0 unspecified atom stereocenters. The van der Waals surface area contributed by atoms with Crippen LogP contribution >= 0.6 is 15.9 Å². The highest BCUT2D eigenvalue weighted by molar-refractivity contribution is 9.10. The second-order valence-corrected chi connectivity index (χ2v) is 5.89. The van der Waals surface area contributed by atoms with Crippen molar-refractivity contribution in [1.82, 2.24) is 9.88 Å². The van der Waals surface area contributed by atoms with Gasteiger partial charge in [-0.05, 0) is 50.7 Å². The Labute approximate surface area is 121 Å². The molecule has 2 heterocycles. The average molecular weight is 321 g/mol. The number of aryl methyl sites for hydroxylation is 1. The van der Waals surface area contributed by atoms with Gasteiger partial charge in [0, 0.05) is 23.0 Å². The van der Waals surface area contributed by atoms with Crippen molar-refractivity contribution in [3.8, 4) is 11.5 Å². The summed E-state index contributed by atoms with van der Waals surface area (Å²) < 4.78 is 6.85. The van der Waals surface area contributed by atoms with Crippen molar-refractivity contribution in [2.45, 2.75) is 19.8 Å². The summed E-state index contributed by atoms with van der Waals surface area (Å²) in [4.78, 5) is 7.08. The molecular weight excluding hydrogens is 304 g/mol. The largest absolute Gasteiger partial charge is 0.441 e. The lowest BCUT2D eigenvalue weighted by Gasteiger charge is -2.30. The van der Waals surface area contributed by atoms with Crippen LogP contribution in [0.5, 0.6) is 0 Å². The first kappa shape index (κ1) is 12.9. The van der Waals surface area contributed by atoms with E-state index in [2.05, 4.69) is 25.8 Å². The lowest BCUT2D eigenvalue weighted by molar-refractivity contribution is 0.183. The van der Waals surface area contributed by atoms with Crippen molar-refractivity contribution in [2.75, 3.05) is 19.6 Å². The quantitative estimate of drug-likeness (QED) is 0.861. The molecule has 1 aliphatic heterocycles. The molecule has 19 heavy (non-hydrogen) atoms. The zero-order valence-corrected chi connectivity index (χ0v) is 12.6. The van der Waals surface area contributed by atoms with Crippen LogP contribution in [0.15, 0.2) is 33.2 Å². The molecule has 0 radical (unpaired) electrons. The van der Waals surface area contributed by atoms with Gasteiger partial charge < -0.3 is 9.32 Å². The van der Waals surface area contributed by atoms with E-state index in [9.17, 15) is 0 Å². The fourth-order valence-corrected chi connectivity index (χ4v) is 2.51. The van der Waals surface area contributed by atoms with Crippen molar-refractivity contribution < 1.29 is 4.42 Å². The third-order valence-electron chi connectivity index (χ3n) is 3.60. The maximum Gasteiger partial charge on any atom is 0.226 e. The normalized spacial score (nSPS) is 15.5. The Morgan fingerprint density at radius 2 is 2.00 bits per heavy atom. The Kier molecular flexibility index (Phi) is 3.71. The molecule has 4 heteroatoms. The van der Waals surface area contributed by atoms with Crippen LogP contribution in [-0.4, -0.2) is 29.5 Å². The van der Waals surface area contributed by atoms with E-state index in [1.807, 2.05) is 31.2 Å². The number of likely N-dealkylation sites (tertiary alicyclic amines) is 1. The van der Waals surface area contributed by atoms with E-state index >= 15 is 0 Å². The van der Waals surface area contributed by atoms with E-state index in [4.69, 9.17) is 4.42 Å². The number of nitrogens with zero attached hydrogens (tertiary/aromatic N) is 2. The first-order valence-electron chi connectivity index (χ1n) is 6.67. The third kappa shape index (κ3) is 2.90. The van der Waals surface area contributed by atoms with Gasteiger partial charge in [-0.15, -0.1) is 0 Å². The van der Waals surface area contributed by atoms with Gasteiger partial charge >= 0.3 is 0 Å². The first-order valence-corrected chi connectivity index (χ1v) is 7.46. The molecule has 1 aliphatic rings. The minimum atomic E-state index is 0.726. The van der Waals surface area contributed by atoms with E-state index in [0.717, 1.165) is 40.3 Å². The van der Waals surface area contributed by atoms with Gasteiger partial charge in [0.15, 0.2) is 0 Å². The number of benzene rings is 1. The smallest absolute Gasteiger partial charge is 0.226 e. The fourth-order valence-electron chi connectivity index (χ4n) is 2.25. The molecule has 3 nitrogen and oxygen atoms in total. The van der Waals surface area contributed by atoms with Crippen LogP contribution in [0.2, 0.25) is 0 Å². The molecular formula is C15H17BrN2O. The summed E-state index contributed by atoms with van der Waals surface area (Å²) in [5.41, 5.74) is 2.12. The summed E-state index contributed by atoms with van der Waals surface area (Å²) >= 11 is 3.44. The van der Waals surface area contributed by atoms with Gasteiger partial charge in [-0.3, -0.25) is 0 Å². The monoisotopic (exact) mass is 320 g/mol. The summed E-state index contributed by atoms with van der Waals surface area (Å²) in [5, 5.41) is 0. The summed E-state index contributed by atoms with van der Waals surface area (Å²) in [7, 11) is 0. The standard InChI is InChI=1S/C15H17BrN2O/c1-11-14(7-10-18-8-2-9-18)17-15(19-11)12-3-5-13(16)6-4-12/h3-6H,2,7-10H2,1H3. The molecule has 3 rings (SSSR count). The lowest BCUT2D eigenvalue weighted by atomic mass is 10.2. The van der Waals surface area contributed by atoms with E-state index < -0.39 is 0 Å². The fraction of sp³-hybridized carbons (Fsp3) is 0.400. The van der Waals surface area contributed by atoms with Crippen LogP contribution in [0, 0.1) is 6.92 Å². The highest BCUT2D eigenvalue weighted by Crippen LogP contribution is 2.24. The number of hydrogen-bond acceptors (Lipinski definition) is 3. The molecule has 1 fully saturated rings. The van der Waals surface area contributed by atoms with Gasteiger partial charge in [-0.25, -0.2) is 4.98 Å². The molecule has 0 saturated carbocycles. The molecule has 1 aromatic heterocycles. The Morgan fingerprint density at radius 1 is 1.26 bits per heavy atom. The lowest BCUT2D eigenvalue weighted by Crippen LogP contribution is -2.38. The van der Waals surface area contributed by atoms with Crippen LogP contribution in [0.3, 0.4) is 0 Å². The summed E-state index contributed by atoms with van der Waals surface area (Å²) in [5.74, 6) is 1.67. The van der Waals surface area contributed by atoms with Gasteiger partial charge in [-0.2, -0.15) is 0 Å². The van der Waals surface area contributed by atoms with Crippen LogP contribution in [0.1, 0.15) is 17.9 Å². The van der Waals surface area contributed by atoms with Gasteiger partial charge in [0.1, 0.15) is 5.76 Å². The Balaban J connectivity index is 1.74. The molecule has 0 spiro atoms. The van der Waals surface area contributed by atoms with Gasteiger partial charge in [0.2, 0.25) is 5.89 Å². The minimum Gasteiger partial charge on any atom is -0.441 e. The van der Waals surface area contributed by atoms with Crippen molar-refractivity contribution in [3.05, 3.63) is 40.2 Å². The predicted octanol–water partition coefficient (Wildman–Crippen LogP) is 3.66. The second kappa shape index (κ2) is 5.47. The number of aromatic nitrogens is 1. The molecule has 1 saturated heterocycles. The van der Waals surface area contributed by atoms with Crippen LogP contribution in [0.4, 0.5) is 0 Å². The molecule has 0 amide bonds. The Bertz CT molecular complexity index is 558. The maximum absolute atomic E-state index is 5.78. The summed E-state index contributed by atoms with van der Waals surface area (Å²) in [6.45, 7) is 5.56. The molecule has 100 valence electrons. The van der Waals surface area contributed by atoms with Crippen molar-refractivity contribution >= 4 is 15.9 Å². The van der Waals surface area contributed by atoms with Gasteiger partial charge in [0.25, 0.3) is 0 Å². The van der Waals surface area contributed by atoms with E-state index in [1.54, 1.807) is 0 Å². The van der Waals surface area contributed by atoms with Crippen molar-refractivity contribution in [2.24, 2.45) is 0 Å². The Morgan fingerprint density at radius 3 is 2.63 bits per heavy atom. The first-order chi connectivity index (χ1) is 9.22. The number of halogens is 1. The van der Waals surface area contributed by atoms with Crippen LogP contribution in [-0.2, 0) is 6.42 Å². The zero-order chi connectivity index (χ0) is 13.2. The van der Waals surface area contributed by atoms with Crippen LogP contribution < -0.4 is 0 Å². The van der Waals surface area contributed by atoms with E-state index in [0.29, 0.717) is 0 Å². The summed E-state index contributed by atoms with van der Waals surface area (Å²) in [6.07, 6.45) is 2.31. The van der Waals surface area contributed by atoms with E-state index in [1.165, 1.54) is 19.5 Å². The maximum atomic E-state index is 5.78. The topological polar surface area (TPSA) is 29.3 Å². The van der Waals surface area contributed by atoms with E-state index in [-0.39, 0.29) is 0 Å². The molecule has 1 aromatic carbocycles. The number of hydrogen-bond donors (Lipinski definition) is 0. The second-order valence-electron chi connectivity index (χ2n) is 4.97. The van der Waals surface area contributed by atoms with Crippen molar-refractivity contribution in [1.29, 1.82) is 0 Å². The summed E-state index contributed by atoms with van der Waals surface area (Å²) in [6, 6.07) is 8.06. The van der Waals surface area contributed by atoms with Gasteiger partial charge in [-0.1, -0.05) is 15.9 Å². The van der Waals surface area contributed by atoms with Crippen molar-refractivity contribution in [3.63, 3.8) is 0 Å². The highest BCUT2D eigenvalue weighted by Gasteiger charge is 2.16. The Hall–Kier alpha value is -1.13. The van der Waals surface area contributed by atoms with Crippen LogP contribution in [0.25, 0.3) is 11.5 Å². The minimum absolute atomic E-state index is 0.726. The SMILES string of the molecule is Cc1oc(-c2ccc(Br)cc2)nc1CCN1CCC1.